The van der Waals surface area contributed by atoms with Gasteiger partial charge < -0.3 is 19.5 Å². The molecule has 0 aromatic heterocycles. The fourth-order valence-corrected chi connectivity index (χ4v) is 2.17. The highest BCUT2D eigenvalue weighted by Crippen LogP contribution is 2.31. The van der Waals surface area contributed by atoms with Crippen LogP contribution in [0.2, 0.25) is 0 Å². The van der Waals surface area contributed by atoms with Gasteiger partial charge in [0.2, 0.25) is 0 Å². The van der Waals surface area contributed by atoms with Crippen LogP contribution in [0.25, 0.3) is 0 Å². The first kappa shape index (κ1) is 15.7. The van der Waals surface area contributed by atoms with Crippen molar-refractivity contribution in [3.8, 4) is 17.2 Å². The van der Waals surface area contributed by atoms with Crippen LogP contribution in [0.15, 0.2) is 42.5 Å². The van der Waals surface area contributed by atoms with E-state index in [4.69, 9.17) is 14.2 Å². The van der Waals surface area contributed by atoms with Gasteiger partial charge in [0.25, 0.3) is 0 Å². The Bertz CT molecular complexity index is 641. The number of rotatable bonds is 5. The summed E-state index contributed by atoms with van der Waals surface area (Å²) >= 11 is 0. The highest BCUT2D eigenvalue weighted by molar-refractivity contribution is 5.70. The molecular weight excluding hydrogens is 282 g/mol. The molecule has 0 aliphatic carbocycles. The minimum atomic E-state index is -0.512. The summed E-state index contributed by atoms with van der Waals surface area (Å²) in [5, 5.41) is 2.70. The molecule has 0 aliphatic rings. The minimum absolute atomic E-state index is 0.305. The van der Waals surface area contributed by atoms with Gasteiger partial charge in [0, 0.05) is 17.7 Å². The Morgan fingerprint density at radius 2 is 1.77 bits per heavy atom. The molecule has 0 spiro atoms. The summed E-state index contributed by atoms with van der Waals surface area (Å²) in [6.07, 6.45) is -0.512. The van der Waals surface area contributed by atoms with Crippen molar-refractivity contribution in [2.24, 2.45) is 0 Å². The van der Waals surface area contributed by atoms with Crippen LogP contribution >= 0.6 is 0 Å². The molecule has 5 nitrogen and oxygen atoms in total. The predicted molar refractivity (Wildman–Crippen MR) is 83.6 cm³/mol. The summed E-state index contributed by atoms with van der Waals surface area (Å²) in [4.78, 5) is 11.8. The van der Waals surface area contributed by atoms with Crippen LogP contribution in [0.3, 0.4) is 0 Å². The fourth-order valence-electron chi connectivity index (χ4n) is 2.17. The van der Waals surface area contributed by atoms with E-state index >= 15 is 0 Å². The third-order valence-electron chi connectivity index (χ3n) is 3.24. The van der Waals surface area contributed by atoms with Crippen molar-refractivity contribution in [3.63, 3.8) is 0 Å². The molecule has 1 N–H and O–H groups in total. The van der Waals surface area contributed by atoms with Gasteiger partial charge in [-0.1, -0.05) is 18.2 Å². The molecule has 0 bridgehead atoms. The van der Waals surface area contributed by atoms with Gasteiger partial charge in [0.05, 0.1) is 14.2 Å². The maximum absolute atomic E-state index is 11.8. The van der Waals surface area contributed by atoms with Gasteiger partial charge in [-0.25, -0.2) is 4.79 Å². The fraction of sp³-hybridized carbons (Fsp3) is 0.235. The summed E-state index contributed by atoms with van der Waals surface area (Å²) in [5.74, 6) is 1.93. The molecule has 0 unspecified atom stereocenters. The smallest absolute Gasteiger partial charge is 0.412 e. The zero-order chi connectivity index (χ0) is 15.9. The van der Waals surface area contributed by atoms with Crippen molar-refractivity contribution < 1.29 is 19.0 Å². The van der Waals surface area contributed by atoms with Crippen molar-refractivity contribution in [3.05, 3.63) is 53.6 Å². The van der Waals surface area contributed by atoms with E-state index in [1.807, 2.05) is 25.1 Å². The van der Waals surface area contributed by atoms with Crippen LogP contribution in [0.1, 0.15) is 11.1 Å². The van der Waals surface area contributed by atoms with E-state index in [9.17, 15) is 4.79 Å². The molecule has 5 heteroatoms. The Labute approximate surface area is 129 Å². The Hall–Kier alpha value is -2.69. The molecule has 116 valence electrons. The SMILES string of the molecule is COc1ccc(CNC(=O)Oc2ccccc2)c(OC)c1C. The largest absolute Gasteiger partial charge is 0.496 e. The second kappa shape index (κ2) is 7.36. The summed E-state index contributed by atoms with van der Waals surface area (Å²) < 4.78 is 15.8. The zero-order valence-electron chi connectivity index (χ0n) is 12.9. The van der Waals surface area contributed by atoms with Crippen molar-refractivity contribution in [2.75, 3.05) is 14.2 Å². The van der Waals surface area contributed by atoms with E-state index in [1.54, 1.807) is 38.5 Å². The number of hydrogen-bond donors (Lipinski definition) is 1. The van der Waals surface area contributed by atoms with Crippen molar-refractivity contribution in [2.45, 2.75) is 13.5 Å². The molecule has 0 radical (unpaired) electrons. The molecule has 0 atom stereocenters. The van der Waals surface area contributed by atoms with Crippen LogP contribution in [0, 0.1) is 6.92 Å². The van der Waals surface area contributed by atoms with Gasteiger partial charge in [-0.2, -0.15) is 0 Å². The van der Waals surface area contributed by atoms with E-state index in [1.165, 1.54) is 0 Å². The topological polar surface area (TPSA) is 56.8 Å². The number of carbonyl (C=O) groups excluding carboxylic acids is 1. The molecule has 0 fully saturated rings. The van der Waals surface area contributed by atoms with Crippen LogP contribution < -0.4 is 19.5 Å². The maximum Gasteiger partial charge on any atom is 0.412 e. The van der Waals surface area contributed by atoms with Gasteiger partial charge in [-0.15, -0.1) is 0 Å². The van der Waals surface area contributed by atoms with Gasteiger partial charge in [0.15, 0.2) is 0 Å². The number of amides is 1. The van der Waals surface area contributed by atoms with E-state index < -0.39 is 6.09 Å². The lowest BCUT2D eigenvalue weighted by Gasteiger charge is -2.15. The number of nitrogens with one attached hydrogen (secondary N) is 1. The number of ether oxygens (including phenoxy) is 3. The van der Waals surface area contributed by atoms with Crippen LogP contribution in [0.4, 0.5) is 4.79 Å². The first-order chi connectivity index (χ1) is 10.7. The van der Waals surface area contributed by atoms with Crippen LogP contribution in [-0.2, 0) is 6.54 Å². The first-order valence-electron chi connectivity index (χ1n) is 6.87. The molecule has 0 saturated heterocycles. The number of benzene rings is 2. The third kappa shape index (κ3) is 3.69. The normalized spacial score (nSPS) is 9.95. The summed E-state index contributed by atoms with van der Waals surface area (Å²) in [7, 11) is 3.20. The molecule has 2 rings (SSSR count). The summed E-state index contributed by atoms with van der Waals surface area (Å²) in [5.41, 5.74) is 1.74. The summed E-state index contributed by atoms with van der Waals surface area (Å²) in [6, 6.07) is 12.6. The Morgan fingerprint density at radius 3 is 2.41 bits per heavy atom. The second-order valence-corrected chi connectivity index (χ2v) is 4.64. The molecule has 2 aromatic rings. The molecule has 0 saturated carbocycles. The third-order valence-corrected chi connectivity index (χ3v) is 3.24. The maximum atomic E-state index is 11.8. The van der Waals surface area contributed by atoms with Crippen LogP contribution in [0.5, 0.6) is 17.2 Å². The van der Waals surface area contributed by atoms with Gasteiger partial charge >= 0.3 is 6.09 Å². The number of hydrogen-bond acceptors (Lipinski definition) is 4. The van der Waals surface area contributed by atoms with Gasteiger partial charge in [0.1, 0.15) is 17.2 Å². The molecule has 2 aromatic carbocycles. The highest BCUT2D eigenvalue weighted by Gasteiger charge is 2.12. The predicted octanol–water partition coefficient (Wildman–Crippen LogP) is 3.30. The Balaban J connectivity index is 2.02. The van der Waals surface area contributed by atoms with E-state index in [0.29, 0.717) is 18.0 Å². The Kier molecular flexibility index (Phi) is 5.25. The molecule has 0 heterocycles. The van der Waals surface area contributed by atoms with Gasteiger partial charge in [-0.3, -0.25) is 0 Å². The van der Waals surface area contributed by atoms with E-state index in [2.05, 4.69) is 5.32 Å². The average molecular weight is 301 g/mol. The lowest BCUT2D eigenvalue weighted by Crippen LogP contribution is -2.26. The molecule has 22 heavy (non-hydrogen) atoms. The molecule has 0 aliphatic heterocycles. The zero-order valence-corrected chi connectivity index (χ0v) is 12.9. The number of para-hydroxylation sites is 1. The van der Waals surface area contributed by atoms with Crippen molar-refractivity contribution in [1.29, 1.82) is 0 Å². The van der Waals surface area contributed by atoms with Crippen molar-refractivity contribution in [1.82, 2.24) is 5.32 Å². The lowest BCUT2D eigenvalue weighted by atomic mass is 10.1. The highest BCUT2D eigenvalue weighted by atomic mass is 16.6. The number of methoxy groups -OCH3 is 2. The van der Waals surface area contributed by atoms with Crippen LogP contribution in [-0.4, -0.2) is 20.3 Å². The van der Waals surface area contributed by atoms with E-state index in [-0.39, 0.29) is 0 Å². The quantitative estimate of drug-likeness (QED) is 0.920. The number of carbonyl (C=O) groups is 1. The van der Waals surface area contributed by atoms with E-state index in [0.717, 1.165) is 16.9 Å². The Morgan fingerprint density at radius 1 is 1.05 bits per heavy atom. The standard InChI is InChI=1S/C17H19NO4/c1-12-15(20-2)10-9-13(16(12)21-3)11-18-17(19)22-14-7-5-4-6-8-14/h4-10H,11H2,1-3H3,(H,18,19). The molecule has 1 amide bonds. The van der Waals surface area contributed by atoms with Crippen molar-refractivity contribution >= 4 is 6.09 Å². The minimum Gasteiger partial charge on any atom is -0.496 e. The average Bonchev–Trinajstić information content (AvgIpc) is 2.54. The monoisotopic (exact) mass is 301 g/mol. The molecular formula is C17H19NO4. The second-order valence-electron chi connectivity index (χ2n) is 4.64. The first-order valence-corrected chi connectivity index (χ1v) is 6.87. The van der Waals surface area contributed by atoms with Gasteiger partial charge in [-0.05, 0) is 31.2 Å². The summed E-state index contributed by atoms with van der Waals surface area (Å²) in [6.45, 7) is 2.21. The lowest BCUT2D eigenvalue weighted by molar-refractivity contribution is 0.200.